The standard InChI is InChI=1S/C11H9ClINO/c1-3-7-5-9(12)8(6-14)10(13)11(7)15-4-2/h3,5H,1,4H2,2H3. The molecule has 4 heteroatoms. The van der Waals surface area contributed by atoms with Gasteiger partial charge in [0.2, 0.25) is 0 Å². The summed E-state index contributed by atoms with van der Waals surface area (Å²) in [5.74, 6) is 0.675. The van der Waals surface area contributed by atoms with Crippen LogP contribution in [0.1, 0.15) is 18.1 Å². The van der Waals surface area contributed by atoms with Gasteiger partial charge in [0.15, 0.2) is 0 Å². The van der Waals surface area contributed by atoms with Crippen LogP contribution in [0.25, 0.3) is 6.08 Å². The van der Waals surface area contributed by atoms with Crippen molar-refractivity contribution in [2.24, 2.45) is 0 Å². The zero-order chi connectivity index (χ0) is 11.4. The van der Waals surface area contributed by atoms with Gasteiger partial charge in [0, 0.05) is 5.56 Å². The van der Waals surface area contributed by atoms with E-state index < -0.39 is 0 Å². The maximum atomic E-state index is 8.93. The average Bonchev–Trinajstić information content (AvgIpc) is 2.22. The number of hydrogen-bond donors (Lipinski definition) is 0. The molecule has 2 nitrogen and oxygen atoms in total. The number of halogens is 2. The summed E-state index contributed by atoms with van der Waals surface area (Å²) in [7, 11) is 0. The maximum Gasteiger partial charge on any atom is 0.141 e. The predicted octanol–water partition coefficient (Wildman–Crippen LogP) is 3.86. The van der Waals surface area contributed by atoms with Gasteiger partial charge >= 0.3 is 0 Å². The Morgan fingerprint density at radius 2 is 2.40 bits per heavy atom. The summed E-state index contributed by atoms with van der Waals surface area (Å²) in [5, 5.41) is 9.37. The van der Waals surface area contributed by atoms with E-state index in [9.17, 15) is 0 Å². The highest BCUT2D eigenvalue weighted by Gasteiger charge is 2.14. The number of nitrogens with zero attached hydrogens (tertiary/aromatic N) is 1. The fraction of sp³-hybridized carbons (Fsp3) is 0.182. The fourth-order valence-electron chi connectivity index (χ4n) is 1.16. The summed E-state index contributed by atoms with van der Waals surface area (Å²) in [6, 6.07) is 3.75. The van der Waals surface area contributed by atoms with E-state index in [4.69, 9.17) is 21.6 Å². The van der Waals surface area contributed by atoms with Crippen molar-refractivity contribution in [2.75, 3.05) is 6.61 Å². The lowest BCUT2D eigenvalue weighted by atomic mass is 10.1. The molecule has 0 amide bonds. The van der Waals surface area contributed by atoms with Gasteiger partial charge in [-0.1, -0.05) is 24.3 Å². The second kappa shape index (κ2) is 5.38. The molecule has 0 N–H and O–H groups in total. The monoisotopic (exact) mass is 333 g/mol. The summed E-state index contributed by atoms with van der Waals surface area (Å²) in [6.07, 6.45) is 1.67. The molecule has 0 aromatic heterocycles. The van der Waals surface area contributed by atoms with Crippen LogP contribution in [0.5, 0.6) is 5.75 Å². The zero-order valence-corrected chi connectivity index (χ0v) is 11.1. The summed E-state index contributed by atoms with van der Waals surface area (Å²) in [6.45, 7) is 6.12. The normalized spacial score (nSPS) is 9.47. The van der Waals surface area contributed by atoms with E-state index >= 15 is 0 Å². The van der Waals surface area contributed by atoms with Crippen LogP contribution < -0.4 is 4.74 Å². The molecule has 0 unspecified atom stereocenters. The van der Waals surface area contributed by atoms with Crippen molar-refractivity contribution in [1.82, 2.24) is 0 Å². The zero-order valence-electron chi connectivity index (χ0n) is 8.18. The molecule has 0 aliphatic heterocycles. The first kappa shape index (κ1) is 12.3. The smallest absolute Gasteiger partial charge is 0.141 e. The van der Waals surface area contributed by atoms with Gasteiger partial charge in [0.25, 0.3) is 0 Å². The molecule has 0 saturated heterocycles. The number of rotatable bonds is 3. The number of benzene rings is 1. The molecule has 0 aliphatic rings. The van der Waals surface area contributed by atoms with Crippen LogP contribution >= 0.6 is 34.2 Å². The van der Waals surface area contributed by atoms with Crippen LogP contribution in [0.2, 0.25) is 5.02 Å². The van der Waals surface area contributed by atoms with E-state index in [1.165, 1.54) is 0 Å². The molecule has 15 heavy (non-hydrogen) atoms. The van der Waals surface area contributed by atoms with Gasteiger partial charge in [0.1, 0.15) is 11.8 Å². The second-order valence-corrected chi connectivity index (χ2v) is 4.20. The van der Waals surface area contributed by atoms with E-state index in [2.05, 4.69) is 35.2 Å². The molecule has 0 heterocycles. The highest BCUT2D eigenvalue weighted by Crippen LogP contribution is 2.34. The van der Waals surface area contributed by atoms with Crippen molar-refractivity contribution >= 4 is 40.3 Å². The fourth-order valence-corrected chi connectivity index (χ4v) is 2.46. The third kappa shape index (κ3) is 2.44. The van der Waals surface area contributed by atoms with E-state index in [1.807, 2.05) is 6.92 Å². The highest BCUT2D eigenvalue weighted by atomic mass is 127. The third-order valence-corrected chi connectivity index (χ3v) is 3.15. The van der Waals surface area contributed by atoms with Crippen LogP contribution in [-0.2, 0) is 0 Å². The van der Waals surface area contributed by atoms with Crippen LogP contribution in [0.3, 0.4) is 0 Å². The molecule has 0 saturated carbocycles. The van der Waals surface area contributed by atoms with Gasteiger partial charge in [-0.3, -0.25) is 0 Å². The van der Waals surface area contributed by atoms with Crippen molar-refractivity contribution < 1.29 is 4.74 Å². The molecule has 0 atom stereocenters. The summed E-state index contributed by atoms with van der Waals surface area (Å²) in [5.41, 5.74) is 1.26. The lowest BCUT2D eigenvalue weighted by Crippen LogP contribution is -1.99. The molecule has 0 aliphatic carbocycles. The van der Waals surface area contributed by atoms with Crippen molar-refractivity contribution in [3.8, 4) is 11.8 Å². The number of nitriles is 1. The minimum atomic E-state index is 0.431. The van der Waals surface area contributed by atoms with Crippen molar-refractivity contribution in [1.29, 1.82) is 5.26 Å². The van der Waals surface area contributed by atoms with Gasteiger partial charge in [-0.15, -0.1) is 0 Å². The molecule has 0 spiro atoms. The second-order valence-electron chi connectivity index (χ2n) is 2.71. The molecule has 1 aromatic carbocycles. The molecule has 1 aromatic rings. The van der Waals surface area contributed by atoms with E-state index in [0.29, 0.717) is 22.9 Å². The van der Waals surface area contributed by atoms with Crippen LogP contribution in [0.4, 0.5) is 0 Å². The first-order valence-electron chi connectivity index (χ1n) is 4.33. The summed E-state index contributed by atoms with van der Waals surface area (Å²) < 4.78 is 6.20. The third-order valence-electron chi connectivity index (χ3n) is 1.82. The van der Waals surface area contributed by atoms with Gasteiger partial charge in [0.05, 0.1) is 20.8 Å². The SMILES string of the molecule is C=Cc1cc(Cl)c(C#N)c(I)c1OCC. The van der Waals surface area contributed by atoms with Crippen molar-refractivity contribution in [3.05, 3.63) is 32.4 Å². The van der Waals surface area contributed by atoms with Crippen molar-refractivity contribution in [2.45, 2.75) is 6.92 Å². The van der Waals surface area contributed by atoms with Gasteiger partial charge in [-0.05, 0) is 35.6 Å². The van der Waals surface area contributed by atoms with Crippen LogP contribution in [0.15, 0.2) is 12.6 Å². The Bertz CT molecular complexity index is 437. The average molecular weight is 334 g/mol. The summed E-state index contributed by atoms with van der Waals surface area (Å²) in [4.78, 5) is 0. The Balaban J connectivity index is 3.47. The van der Waals surface area contributed by atoms with Crippen molar-refractivity contribution in [3.63, 3.8) is 0 Å². The minimum Gasteiger partial charge on any atom is -0.492 e. The molecule has 1 rings (SSSR count). The Morgan fingerprint density at radius 1 is 1.73 bits per heavy atom. The van der Waals surface area contributed by atoms with E-state index in [0.717, 1.165) is 9.13 Å². The minimum absolute atomic E-state index is 0.431. The summed E-state index contributed by atoms with van der Waals surface area (Å²) >= 11 is 8.01. The molecular weight excluding hydrogens is 324 g/mol. The Labute approximate surface area is 108 Å². The largest absolute Gasteiger partial charge is 0.492 e. The highest BCUT2D eigenvalue weighted by molar-refractivity contribution is 14.1. The van der Waals surface area contributed by atoms with E-state index in [-0.39, 0.29) is 0 Å². The Morgan fingerprint density at radius 3 is 2.87 bits per heavy atom. The maximum absolute atomic E-state index is 8.93. The van der Waals surface area contributed by atoms with Crippen LogP contribution in [-0.4, -0.2) is 6.61 Å². The lowest BCUT2D eigenvalue weighted by molar-refractivity contribution is 0.337. The molecular formula is C11H9ClINO. The Kier molecular flexibility index (Phi) is 4.43. The van der Waals surface area contributed by atoms with E-state index in [1.54, 1.807) is 12.1 Å². The van der Waals surface area contributed by atoms with Gasteiger partial charge in [-0.2, -0.15) is 5.26 Å². The molecule has 0 bridgehead atoms. The van der Waals surface area contributed by atoms with Gasteiger partial charge in [-0.25, -0.2) is 0 Å². The predicted molar refractivity (Wildman–Crippen MR) is 70.1 cm³/mol. The van der Waals surface area contributed by atoms with Gasteiger partial charge < -0.3 is 4.74 Å². The lowest BCUT2D eigenvalue weighted by Gasteiger charge is -2.11. The topological polar surface area (TPSA) is 33.0 Å². The van der Waals surface area contributed by atoms with Crippen LogP contribution in [0, 0.1) is 14.9 Å². The number of ether oxygens (including phenoxy) is 1. The first-order valence-corrected chi connectivity index (χ1v) is 5.78. The Hall–Kier alpha value is -0.730. The number of hydrogen-bond acceptors (Lipinski definition) is 2. The molecule has 78 valence electrons. The quantitative estimate of drug-likeness (QED) is 0.787. The molecule has 0 radical (unpaired) electrons. The first-order chi connectivity index (χ1) is 7.15. The molecule has 0 fully saturated rings.